The Morgan fingerprint density at radius 2 is 1.95 bits per heavy atom. The van der Waals surface area contributed by atoms with E-state index in [1.165, 1.54) is 11.0 Å². The van der Waals surface area contributed by atoms with Gasteiger partial charge in [0.1, 0.15) is 5.82 Å². The van der Waals surface area contributed by atoms with Gasteiger partial charge in [-0.25, -0.2) is 4.39 Å². The lowest BCUT2D eigenvalue weighted by molar-refractivity contribution is -0.132. The summed E-state index contributed by atoms with van der Waals surface area (Å²) in [6, 6.07) is 6.44. The van der Waals surface area contributed by atoms with Crippen molar-refractivity contribution in [3.63, 3.8) is 0 Å². The predicted molar refractivity (Wildman–Crippen MR) is 81.3 cm³/mol. The molecule has 1 amide bonds. The van der Waals surface area contributed by atoms with Crippen LogP contribution in [0.3, 0.4) is 0 Å². The number of hydrogen-bond donors (Lipinski definition) is 1. The van der Waals surface area contributed by atoms with Crippen molar-refractivity contribution in [3.8, 4) is 0 Å². The fourth-order valence-corrected chi connectivity index (χ4v) is 2.11. The largest absolute Gasteiger partial charge is 0.389 e. The molecule has 21 heavy (non-hydrogen) atoms. The van der Waals surface area contributed by atoms with Crippen LogP contribution in [-0.2, 0) is 11.3 Å². The highest BCUT2D eigenvalue weighted by Crippen LogP contribution is 2.10. The van der Waals surface area contributed by atoms with Gasteiger partial charge in [-0.15, -0.1) is 0 Å². The van der Waals surface area contributed by atoms with Crippen LogP contribution in [0.4, 0.5) is 4.39 Å². The number of hydrogen-bond acceptors (Lipinski definition) is 3. The van der Waals surface area contributed by atoms with E-state index in [1.807, 2.05) is 11.8 Å². The third kappa shape index (κ3) is 6.23. The number of carbonyl (C=O) groups excluding carboxylic acids is 1. The van der Waals surface area contributed by atoms with E-state index in [2.05, 4.69) is 0 Å². The molecule has 0 atom stereocenters. The predicted octanol–water partition coefficient (Wildman–Crippen LogP) is 1.88. The van der Waals surface area contributed by atoms with Crippen molar-refractivity contribution in [1.82, 2.24) is 9.80 Å². The van der Waals surface area contributed by atoms with Crippen molar-refractivity contribution < 1.29 is 14.3 Å². The Labute approximate surface area is 126 Å². The van der Waals surface area contributed by atoms with Crippen molar-refractivity contribution in [2.24, 2.45) is 0 Å². The Morgan fingerprint density at radius 1 is 1.33 bits per heavy atom. The molecule has 0 bridgehead atoms. The molecule has 0 aliphatic rings. The lowest BCUT2D eigenvalue weighted by Gasteiger charge is -2.29. The molecule has 5 heteroatoms. The fraction of sp³-hybridized carbons (Fsp3) is 0.562. The summed E-state index contributed by atoms with van der Waals surface area (Å²) in [4.78, 5) is 15.6. The van der Waals surface area contributed by atoms with Crippen molar-refractivity contribution in [3.05, 3.63) is 35.6 Å². The molecular weight excluding hydrogens is 271 g/mol. The summed E-state index contributed by atoms with van der Waals surface area (Å²) in [7, 11) is 1.66. The van der Waals surface area contributed by atoms with Crippen LogP contribution >= 0.6 is 0 Å². The van der Waals surface area contributed by atoms with Crippen LogP contribution in [-0.4, -0.2) is 53.1 Å². The molecule has 4 nitrogen and oxygen atoms in total. The summed E-state index contributed by atoms with van der Waals surface area (Å²) in [5.41, 5.74) is -0.348. The van der Waals surface area contributed by atoms with Crippen LogP contribution in [0.25, 0.3) is 0 Å². The summed E-state index contributed by atoms with van der Waals surface area (Å²) in [5.74, 6) is -0.398. The zero-order valence-corrected chi connectivity index (χ0v) is 13.3. The first kappa shape index (κ1) is 17.6. The molecule has 0 heterocycles. The number of amides is 1. The Balaban J connectivity index is 2.60. The van der Waals surface area contributed by atoms with E-state index in [4.69, 9.17) is 0 Å². The molecule has 0 aliphatic heterocycles. The van der Waals surface area contributed by atoms with E-state index in [-0.39, 0.29) is 24.8 Å². The molecule has 0 fully saturated rings. The number of carbonyl (C=O) groups is 1. The average molecular weight is 296 g/mol. The number of nitrogens with zero attached hydrogens (tertiary/aromatic N) is 2. The van der Waals surface area contributed by atoms with Gasteiger partial charge >= 0.3 is 0 Å². The monoisotopic (exact) mass is 296 g/mol. The maximum Gasteiger partial charge on any atom is 0.236 e. The highest BCUT2D eigenvalue weighted by molar-refractivity contribution is 5.78. The van der Waals surface area contributed by atoms with Crippen LogP contribution in [0, 0.1) is 5.82 Å². The lowest BCUT2D eigenvalue weighted by Crippen LogP contribution is -2.44. The molecule has 1 rings (SSSR count). The summed E-state index contributed by atoms with van der Waals surface area (Å²) in [6.07, 6.45) is 0. The maximum atomic E-state index is 13.6. The average Bonchev–Trinajstić information content (AvgIpc) is 2.38. The van der Waals surface area contributed by atoms with Gasteiger partial charge < -0.3 is 10.0 Å². The zero-order chi connectivity index (χ0) is 16.0. The Morgan fingerprint density at radius 3 is 2.48 bits per heavy atom. The molecule has 0 radical (unpaired) electrons. The third-order valence-electron chi connectivity index (χ3n) is 3.21. The smallest absolute Gasteiger partial charge is 0.236 e. The van der Waals surface area contributed by atoms with Crippen LogP contribution < -0.4 is 0 Å². The number of halogens is 1. The highest BCUT2D eigenvalue weighted by Gasteiger charge is 2.20. The highest BCUT2D eigenvalue weighted by atomic mass is 19.1. The van der Waals surface area contributed by atoms with Gasteiger partial charge in [0.25, 0.3) is 0 Å². The van der Waals surface area contributed by atoms with Crippen LogP contribution in [0.2, 0.25) is 0 Å². The van der Waals surface area contributed by atoms with Gasteiger partial charge in [-0.05, 0) is 26.5 Å². The van der Waals surface area contributed by atoms with E-state index < -0.39 is 5.60 Å². The normalized spacial score (nSPS) is 11.8. The summed E-state index contributed by atoms with van der Waals surface area (Å²) >= 11 is 0. The van der Waals surface area contributed by atoms with Crippen LogP contribution in [0.15, 0.2) is 24.3 Å². The second kappa shape index (κ2) is 7.52. The third-order valence-corrected chi connectivity index (χ3v) is 3.21. The second-order valence-electron chi connectivity index (χ2n) is 5.96. The number of aliphatic hydroxyl groups is 1. The SMILES string of the molecule is CCN(CC(=O)N(C)Cc1ccccc1F)CC(C)(C)O. The fourth-order valence-electron chi connectivity index (χ4n) is 2.11. The minimum atomic E-state index is -0.847. The molecule has 118 valence electrons. The van der Waals surface area contributed by atoms with Gasteiger partial charge in [0, 0.05) is 25.7 Å². The molecule has 0 aliphatic carbocycles. The number of rotatable bonds is 7. The first-order valence-electron chi connectivity index (χ1n) is 7.15. The summed E-state index contributed by atoms with van der Waals surface area (Å²) < 4.78 is 13.6. The first-order valence-corrected chi connectivity index (χ1v) is 7.15. The lowest BCUT2D eigenvalue weighted by atomic mass is 10.1. The van der Waals surface area contributed by atoms with E-state index >= 15 is 0 Å². The van der Waals surface area contributed by atoms with E-state index in [1.54, 1.807) is 39.1 Å². The maximum absolute atomic E-state index is 13.6. The zero-order valence-electron chi connectivity index (χ0n) is 13.3. The van der Waals surface area contributed by atoms with Crippen LogP contribution in [0.5, 0.6) is 0 Å². The summed E-state index contributed by atoms with van der Waals surface area (Å²) in [5, 5.41) is 9.83. The van der Waals surface area contributed by atoms with Crippen molar-refractivity contribution in [1.29, 1.82) is 0 Å². The van der Waals surface area contributed by atoms with Gasteiger partial charge in [0.05, 0.1) is 12.1 Å². The van der Waals surface area contributed by atoms with Gasteiger partial charge in [-0.2, -0.15) is 0 Å². The number of benzene rings is 1. The molecule has 0 saturated heterocycles. The van der Waals surface area contributed by atoms with Gasteiger partial charge in [-0.1, -0.05) is 25.1 Å². The molecule has 0 aromatic heterocycles. The van der Waals surface area contributed by atoms with Gasteiger partial charge in [-0.3, -0.25) is 9.69 Å². The summed E-state index contributed by atoms with van der Waals surface area (Å²) in [6.45, 7) is 6.91. The molecule has 0 saturated carbocycles. The standard InChI is InChI=1S/C16H25FN2O2/c1-5-19(12-16(2,3)21)11-15(20)18(4)10-13-8-6-7-9-14(13)17/h6-9,21H,5,10-12H2,1-4H3. The molecule has 1 aromatic rings. The molecular formula is C16H25FN2O2. The van der Waals surface area contributed by atoms with Crippen molar-refractivity contribution >= 4 is 5.91 Å². The van der Waals surface area contributed by atoms with Crippen molar-refractivity contribution in [2.45, 2.75) is 32.9 Å². The molecule has 1 N–H and O–H groups in total. The molecule has 0 spiro atoms. The van der Waals surface area contributed by atoms with E-state index in [9.17, 15) is 14.3 Å². The number of likely N-dealkylation sites (N-methyl/N-ethyl adjacent to an activating group) is 2. The quantitative estimate of drug-likeness (QED) is 0.835. The topological polar surface area (TPSA) is 43.8 Å². The van der Waals surface area contributed by atoms with E-state index in [0.29, 0.717) is 18.7 Å². The van der Waals surface area contributed by atoms with Gasteiger partial charge in [0.2, 0.25) is 5.91 Å². The first-order chi connectivity index (χ1) is 9.73. The Hall–Kier alpha value is -1.46. The Bertz CT molecular complexity index is 472. The van der Waals surface area contributed by atoms with Crippen molar-refractivity contribution in [2.75, 3.05) is 26.7 Å². The molecule has 0 unspecified atom stereocenters. The molecule has 1 aromatic carbocycles. The van der Waals surface area contributed by atoms with Crippen LogP contribution in [0.1, 0.15) is 26.3 Å². The van der Waals surface area contributed by atoms with E-state index in [0.717, 1.165) is 0 Å². The minimum Gasteiger partial charge on any atom is -0.389 e. The minimum absolute atomic E-state index is 0.0932. The van der Waals surface area contributed by atoms with Gasteiger partial charge in [0.15, 0.2) is 0 Å². The Kier molecular flexibility index (Phi) is 6.30. The second-order valence-corrected chi connectivity index (χ2v) is 5.96.